The average Bonchev–Trinajstić information content (AvgIpc) is 2.67. The van der Waals surface area contributed by atoms with Crippen LogP contribution < -0.4 is 5.73 Å². The van der Waals surface area contributed by atoms with Gasteiger partial charge in [-0.25, -0.2) is 4.79 Å². The molecule has 0 spiro atoms. The summed E-state index contributed by atoms with van der Waals surface area (Å²) in [5, 5.41) is 0.157. The molecular weight excluding hydrogens is 296 g/mol. The van der Waals surface area contributed by atoms with E-state index in [1.165, 1.54) is 0 Å². The largest absolute Gasteiger partial charge is 0.444 e. The van der Waals surface area contributed by atoms with Gasteiger partial charge in [0.05, 0.1) is 6.10 Å². The van der Waals surface area contributed by atoms with Gasteiger partial charge < -0.3 is 19.8 Å². The van der Waals surface area contributed by atoms with E-state index < -0.39 is 13.9 Å². The molecule has 0 radical (unpaired) electrons. The van der Waals surface area contributed by atoms with Gasteiger partial charge in [0.25, 0.3) is 0 Å². The fraction of sp³-hybridized carbons (Fsp3) is 0.938. The zero-order valence-corrected chi connectivity index (χ0v) is 16.5. The van der Waals surface area contributed by atoms with Crippen molar-refractivity contribution in [2.75, 3.05) is 13.1 Å². The molecule has 1 amide bonds. The van der Waals surface area contributed by atoms with Crippen molar-refractivity contribution in [3.05, 3.63) is 0 Å². The van der Waals surface area contributed by atoms with Crippen LogP contribution in [-0.4, -0.2) is 50.1 Å². The van der Waals surface area contributed by atoms with Crippen LogP contribution in [0.3, 0.4) is 0 Å². The summed E-state index contributed by atoms with van der Waals surface area (Å²) >= 11 is 0. The Kier molecular flexibility index (Phi) is 5.74. The predicted molar refractivity (Wildman–Crippen MR) is 92.5 cm³/mol. The van der Waals surface area contributed by atoms with Crippen molar-refractivity contribution >= 4 is 14.4 Å². The maximum atomic E-state index is 12.3. The topological polar surface area (TPSA) is 64.8 Å². The van der Waals surface area contributed by atoms with Gasteiger partial charge in [-0.1, -0.05) is 20.8 Å². The second-order valence-electron chi connectivity index (χ2n) is 8.76. The summed E-state index contributed by atoms with van der Waals surface area (Å²) in [4.78, 5) is 14.1. The molecule has 0 aromatic carbocycles. The van der Waals surface area contributed by atoms with Gasteiger partial charge in [0, 0.05) is 19.1 Å². The second kappa shape index (κ2) is 6.49. The molecule has 0 bridgehead atoms. The molecule has 0 aromatic rings. The molecule has 1 aliphatic rings. The monoisotopic (exact) mass is 330 g/mol. The lowest BCUT2D eigenvalue weighted by Crippen LogP contribution is -2.45. The van der Waals surface area contributed by atoms with Gasteiger partial charge in [-0.05, 0) is 45.3 Å². The smallest absolute Gasteiger partial charge is 0.410 e. The Balaban J connectivity index is 2.75. The molecule has 2 N–H and O–H groups in total. The standard InChI is InChI=1S/C16H34N2O3Si/c1-15(2,3)20-14(19)18-11-13(9-12(18)10-17)21-22(7,8)16(4,5)6/h12-13H,9-11,17H2,1-8H3. The number of carbonyl (C=O) groups excluding carboxylic acids is 1. The van der Waals surface area contributed by atoms with Gasteiger partial charge >= 0.3 is 6.09 Å². The highest BCUT2D eigenvalue weighted by molar-refractivity contribution is 6.74. The number of carbonyl (C=O) groups is 1. The third-order valence-corrected chi connectivity index (χ3v) is 9.08. The number of amides is 1. The van der Waals surface area contributed by atoms with Crippen LogP contribution in [0.25, 0.3) is 0 Å². The summed E-state index contributed by atoms with van der Waals surface area (Å²) in [6.07, 6.45) is 0.564. The number of rotatable bonds is 3. The molecule has 2 unspecified atom stereocenters. The van der Waals surface area contributed by atoms with Crippen LogP contribution in [0.15, 0.2) is 0 Å². The summed E-state index contributed by atoms with van der Waals surface area (Å²) in [6, 6.07) is 0.00428. The van der Waals surface area contributed by atoms with E-state index >= 15 is 0 Å². The molecule has 2 atom stereocenters. The van der Waals surface area contributed by atoms with E-state index in [1.807, 2.05) is 20.8 Å². The first kappa shape index (κ1) is 19.5. The van der Waals surface area contributed by atoms with E-state index in [9.17, 15) is 4.79 Å². The normalized spacial score (nSPS) is 23.8. The molecule has 6 heteroatoms. The molecule has 22 heavy (non-hydrogen) atoms. The van der Waals surface area contributed by atoms with E-state index in [-0.39, 0.29) is 23.3 Å². The Bertz CT molecular complexity index is 399. The van der Waals surface area contributed by atoms with Gasteiger partial charge in [0.15, 0.2) is 8.32 Å². The van der Waals surface area contributed by atoms with Gasteiger partial charge in [-0.15, -0.1) is 0 Å². The van der Waals surface area contributed by atoms with Gasteiger partial charge in [0.1, 0.15) is 5.60 Å². The number of hydrogen-bond donors (Lipinski definition) is 1. The van der Waals surface area contributed by atoms with Gasteiger partial charge in [0.2, 0.25) is 0 Å². The lowest BCUT2D eigenvalue weighted by atomic mass is 10.2. The van der Waals surface area contributed by atoms with Gasteiger partial charge in [-0.2, -0.15) is 0 Å². The minimum atomic E-state index is -1.84. The van der Waals surface area contributed by atoms with E-state index in [2.05, 4.69) is 33.9 Å². The van der Waals surface area contributed by atoms with Crippen molar-refractivity contribution < 1.29 is 14.0 Å². The van der Waals surface area contributed by atoms with E-state index in [4.69, 9.17) is 14.9 Å². The minimum absolute atomic E-state index is 0.00428. The maximum Gasteiger partial charge on any atom is 0.410 e. The molecule has 1 fully saturated rings. The highest BCUT2D eigenvalue weighted by Gasteiger charge is 2.44. The van der Waals surface area contributed by atoms with Crippen molar-refractivity contribution in [1.29, 1.82) is 0 Å². The Morgan fingerprint density at radius 2 is 1.77 bits per heavy atom. The van der Waals surface area contributed by atoms with Crippen LogP contribution in [0.2, 0.25) is 18.1 Å². The van der Waals surface area contributed by atoms with Crippen molar-refractivity contribution in [3.63, 3.8) is 0 Å². The fourth-order valence-electron chi connectivity index (χ4n) is 2.32. The van der Waals surface area contributed by atoms with Crippen molar-refractivity contribution in [3.8, 4) is 0 Å². The summed E-state index contributed by atoms with van der Waals surface area (Å²) in [5.74, 6) is 0. The van der Waals surface area contributed by atoms with Gasteiger partial charge in [-0.3, -0.25) is 0 Å². The first-order chi connectivity index (χ1) is 9.77. The molecule has 0 saturated carbocycles. The van der Waals surface area contributed by atoms with Crippen LogP contribution in [-0.2, 0) is 9.16 Å². The predicted octanol–water partition coefficient (Wildman–Crippen LogP) is 3.34. The van der Waals surface area contributed by atoms with Crippen LogP contribution >= 0.6 is 0 Å². The fourth-order valence-corrected chi connectivity index (χ4v) is 3.68. The summed E-state index contributed by atoms with van der Waals surface area (Å²) in [6.45, 7) is 17.8. The highest BCUT2D eigenvalue weighted by atomic mass is 28.4. The third-order valence-electron chi connectivity index (χ3n) is 4.54. The van der Waals surface area contributed by atoms with Crippen molar-refractivity contribution in [2.24, 2.45) is 5.73 Å². The van der Waals surface area contributed by atoms with Crippen LogP contribution in [0, 0.1) is 0 Å². The molecular formula is C16H34N2O3Si. The molecule has 1 aliphatic heterocycles. The number of ether oxygens (including phenoxy) is 1. The molecule has 130 valence electrons. The maximum absolute atomic E-state index is 12.3. The number of hydrogen-bond acceptors (Lipinski definition) is 4. The van der Waals surface area contributed by atoms with Crippen molar-refractivity contribution in [1.82, 2.24) is 4.90 Å². The first-order valence-corrected chi connectivity index (χ1v) is 11.0. The zero-order chi connectivity index (χ0) is 17.3. The van der Waals surface area contributed by atoms with Crippen LogP contribution in [0.1, 0.15) is 48.0 Å². The Hall–Kier alpha value is -0.593. The van der Waals surface area contributed by atoms with E-state index in [0.717, 1.165) is 6.42 Å². The summed E-state index contributed by atoms with van der Waals surface area (Å²) < 4.78 is 11.9. The van der Waals surface area contributed by atoms with Crippen molar-refractivity contribution in [2.45, 2.75) is 83.8 Å². The molecule has 1 rings (SSSR count). The minimum Gasteiger partial charge on any atom is -0.444 e. The second-order valence-corrected chi connectivity index (χ2v) is 13.5. The van der Waals surface area contributed by atoms with E-state index in [0.29, 0.717) is 13.1 Å². The first-order valence-electron chi connectivity index (χ1n) is 8.14. The molecule has 1 saturated heterocycles. The Morgan fingerprint density at radius 1 is 1.23 bits per heavy atom. The molecule has 0 aromatic heterocycles. The lowest BCUT2D eigenvalue weighted by molar-refractivity contribution is 0.0216. The molecule has 5 nitrogen and oxygen atoms in total. The van der Waals surface area contributed by atoms with E-state index in [1.54, 1.807) is 4.90 Å². The van der Waals surface area contributed by atoms with Crippen LogP contribution in [0.4, 0.5) is 4.79 Å². The SMILES string of the molecule is CC(C)(C)OC(=O)N1CC(O[Si](C)(C)C(C)(C)C)CC1CN. The molecule has 1 heterocycles. The number of nitrogens with zero attached hydrogens (tertiary/aromatic N) is 1. The summed E-state index contributed by atoms with van der Waals surface area (Å²) in [5.41, 5.74) is 5.35. The van der Waals surface area contributed by atoms with Crippen LogP contribution in [0.5, 0.6) is 0 Å². The lowest BCUT2D eigenvalue weighted by Gasteiger charge is -2.38. The summed E-state index contributed by atoms with van der Waals surface area (Å²) in [7, 11) is -1.84. The third kappa shape index (κ3) is 4.96. The Labute approximate surface area is 136 Å². The highest BCUT2D eigenvalue weighted by Crippen LogP contribution is 2.39. The zero-order valence-electron chi connectivity index (χ0n) is 15.5. The number of nitrogens with two attached hydrogens (primary N) is 1. The average molecular weight is 331 g/mol. The number of likely N-dealkylation sites (tertiary alicyclic amines) is 1. The molecule has 0 aliphatic carbocycles. The Morgan fingerprint density at radius 3 is 2.18 bits per heavy atom. The quantitative estimate of drug-likeness (QED) is 0.806.